The van der Waals surface area contributed by atoms with Crippen molar-refractivity contribution < 1.29 is 4.79 Å². The molecule has 22 heavy (non-hydrogen) atoms. The zero-order valence-electron chi connectivity index (χ0n) is 14.0. The number of carbonyl (C=O) groups excluding carboxylic acids is 1. The van der Waals surface area contributed by atoms with E-state index in [2.05, 4.69) is 24.3 Å². The highest BCUT2D eigenvalue weighted by atomic mass is 16.2. The lowest BCUT2D eigenvalue weighted by Crippen LogP contribution is -2.33. The number of aromatic nitrogens is 2. The lowest BCUT2D eigenvalue weighted by molar-refractivity contribution is 0.218. The van der Waals surface area contributed by atoms with Crippen LogP contribution >= 0.6 is 0 Å². The number of anilines is 1. The molecular formula is C17H28N4O. The van der Waals surface area contributed by atoms with Gasteiger partial charge in [0.05, 0.1) is 0 Å². The molecule has 2 heterocycles. The predicted octanol–water partition coefficient (Wildman–Crippen LogP) is 3.82. The van der Waals surface area contributed by atoms with Crippen LogP contribution in [0.3, 0.4) is 0 Å². The van der Waals surface area contributed by atoms with Crippen molar-refractivity contribution in [2.24, 2.45) is 11.8 Å². The second kappa shape index (κ2) is 6.31. The van der Waals surface area contributed by atoms with E-state index in [0.29, 0.717) is 17.8 Å². The van der Waals surface area contributed by atoms with Crippen molar-refractivity contribution in [2.45, 2.75) is 58.9 Å². The molecule has 2 aliphatic rings. The molecule has 0 radical (unpaired) electrons. The fourth-order valence-electron chi connectivity index (χ4n) is 4.05. The normalized spacial score (nSPS) is 22.7. The van der Waals surface area contributed by atoms with Crippen LogP contribution < -0.4 is 5.32 Å². The Morgan fingerprint density at radius 2 is 2.00 bits per heavy atom. The number of amides is 2. The van der Waals surface area contributed by atoms with Crippen molar-refractivity contribution in [1.82, 2.24) is 14.7 Å². The van der Waals surface area contributed by atoms with Crippen molar-refractivity contribution >= 4 is 11.8 Å². The molecule has 1 aromatic heterocycles. The van der Waals surface area contributed by atoms with E-state index in [4.69, 9.17) is 0 Å². The third kappa shape index (κ3) is 3.13. The summed E-state index contributed by atoms with van der Waals surface area (Å²) < 4.78 is 1.95. The molecule has 0 bridgehead atoms. The van der Waals surface area contributed by atoms with E-state index < -0.39 is 0 Å². The molecule has 2 fully saturated rings. The Kier molecular flexibility index (Phi) is 4.41. The van der Waals surface area contributed by atoms with Crippen molar-refractivity contribution in [1.29, 1.82) is 0 Å². The second-order valence-electron chi connectivity index (χ2n) is 7.18. The standard InChI is InChI=1S/C17H28N4O/c1-12(2)21-13(3)10-16(19-21)18-17(22)20-9-8-15(11-20)14-6-4-5-7-14/h10,12,14-15H,4-9,11H2,1-3H3,(H,18,19,22). The zero-order valence-corrected chi connectivity index (χ0v) is 14.0. The monoisotopic (exact) mass is 304 g/mol. The van der Waals surface area contributed by atoms with E-state index in [0.717, 1.165) is 31.1 Å². The molecule has 1 saturated heterocycles. The van der Waals surface area contributed by atoms with Gasteiger partial charge < -0.3 is 4.90 Å². The van der Waals surface area contributed by atoms with Crippen molar-refractivity contribution in [3.8, 4) is 0 Å². The molecule has 1 atom stereocenters. The minimum Gasteiger partial charge on any atom is -0.324 e. The van der Waals surface area contributed by atoms with Gasteiger partial charge in [0.1, 0.15) is 0 Å². The number of hydrogen-bond acceptors (Lipinski definition) is 2. The van der Waals surface area contributed by atoms with Crippen molar-refractivity contribution in [3.05, 3.63) is 11.8 Å². The average Bonchev–Trinajstić information content (AvgIpc) is 3.17. The topological polar surface area (TPSA) is 50.2 Å². The molecule has 5 nitrogen and oxygen atoms in total. The van der Waals surface area contributed by atoms with Gasteiger partial charge in [-0.2, -0.15) is 5.10 Å². The molecule has 0 aromatic carbocycles. The highest BCUT2D eigenvalue weighted by Gasteiger charge is 2.33. The van der Waals surface area contributed by atoms with E-state index in [9.17, 15) is 4.79 Å². The molecule has 1 aliphatic heterocycles. The average molecular weight is 304 g/mol. The number of nitrogens with one attached hydrogen (secondary N) is 1. The van der Waals surface area contributed by atoms with Crippen LogP contribution in [0.15, 0.2) is 6.07 Å². The maximum Gasteiger partial charge on any atom is 0.323 e. The molecule has 0 spiro atoms. The van der Waals surface area contributed by atoms with Crippen LogP contribution in [-0.2, 0) is 0 Å². The van der Waals surface area contributed by atoms with Crippen LogP contribution in [0.1, 0.15) is 57.7 Å². The van der Waals surface area contributed by atoms with Crippen LogP contribution in [0.25, 0.3) is 0 Å². The Hall–Kier alpha value is -1.52. The summed E-state index contributed by atoms with van der Waals surface area (Å²) in [5, 5.41) is 7.44. The number of aryl methyl sites for hydroxylation is 1. The van der Waals surface area contributed by atoms with Crippen LogP contribution in [0.5, 0.6) is 0 Å². The summed E-state index contributed by atoms with van der Waals surface area (Å²) >= 11 is 0. The third-order valence-electron chi connectivity index (χ3n) is 5.23. The van der Waals surface area contributed by atoms with Crippen LogP contribution in [0.4, 0.5) is 10.6 Å². The van der Waals surface area contributed by atoms with Gasteiger partial charge in [-0.15, -0.1) is 0 Å². The highest BCUT2D eigenvalue weighted by molar-refractivity contribution is 5.88. The van der Waals surface area contributed by atoms with E-state index >= 15 is 0 Å². The SMILES string of the molecule is Cc1cc(NC(=O)N2CCC(C3CCCC3)C2)nn1C(C)C. The van der Waals surface area contributed by atoms with Crippen LogP contribution in [0.2, 0.25) is 0 Å². The number of nitrogens with zero attached hydrogens (tertiary/aromatic N) is 3. The smallest absolute Gasteiger partial charge is 0.323 e. The van der Waals surface area contributed by atoms with Gasteiger partial charge in [-0.05, 0) is 39.0 Å². The largest absolute Gasteiger partial charge is 0.324 e. The third-order valence-corrected chi connectivity index (χ3v) is 5.23. The Morgan fingerprint density at radius 3 is 2.64 bits per heavy atom. The maximum absolute atomic E-state index is 12.4. The summed E-state index contributed by atoms with van der Waals surface area (Å²) in [6.45, 7) is 8.02. The summed E-state index contributed by atoms with van der Waals surface area (Å²) in [5.41, 5.74) is 1.08. The predicted molar refractivity (Wildman–Crippen MR) is 88.0 cm³/mol. The number of likely N-dealkylation sites (tertiary alicyclic amines) is 1. The van der Waals surface area contributed by atoms with E-state index in [1.165, 1.54) is 25.7 Å². The van der Waals surface area contributed by atoms with Gasteiger partial charge in [-0.25, -0.2) is 4.79 Å². The summed E-state index contributed by atoms with van der Waals surface area (Å²) in [5.74, 6) is 2.23. The maximum atomic E-state index is 12.4. The van der Waals surface area contributed by atoms with Gasteiger partial charge in [0, 0.05) is 30.9 Å². The van der Waals surface area contributed by atoms with E-state index in [1.54, 1.807) is 0 Å². The number of carbonyl (C=O) groups is 1. The molecule has 122 valence electrons. The summed E-state index contributed by atoms with van der Waals surface area (Å²) in [6.07, 6.45) is 6.63. The molecule has 5 heteroatoms. The van der Waals surface area contributed by atoms with Crippen LogP contribution in [0, 0.1) is 18.8 Å². The minimum atomic E-state index is 0.00824. The minimum absolute atomic E-state index is 0.00824. The zero-order chi connectivity index (χ0) is 15.7. The van der Waals surface area contributed by atoms with Gasteiger partial charge in [-0.1, -0.05) is 25.7 Å². The fourth-order valence-corrected chi connectivity index (χ4v) is 4.05. The Labute approximate surface area is 133 Å². The molecule has 3 rings (SSSR count). The number of rotatable bonds is 3. The molecule has 1 saturated carbocycles. The van der Waals surface area contributed by atoms with Gasteiger partial charge in [-0.3, -0.25) is 10.00 Å². The molecular weight excluding hydrogens is 276 g/mol. The molecule has 1 aromatic rings. The van der Waals surface area contributed by atoms with Crippen LogP contribution in [-0.4, -0.2) is 33.8 Å². The van der Waals surface area contributed by atoms with Gasteiger partial charge >= 0.3 is 6.03 Å². The summed E-state index contributed by atoms with van der Waals surface area (Å²) in [4.78, 5) is 14.4. The van der Waals surface area contributed by atoms with Crippen molar-refractivity contribution in [2.75, 3.05) is 18.4 Å². The van der Waals surface area contributed by atoms with Gasteiger partial charge in [0.25, 0.3) is 0 Å². The first-order valence-corrected chi connectivity index (χ1v) is 8.66. The lowest BCUT2D eigenvalue weighted by Gasteiger charge is -2.19. The first kappa shape index (κ1) is 15.4. The summed E-state index contributed by atoms with van der Waals surface area (Å²) in [6, 6.07) is 2.26. The molecule has 1 aliphatic carbocycles. The Balaban J connectivity index is 1.57. The number of hydrogen-bond donors (Lipinski definition) is 1. The van der Waals surface area contributed by atoms with E-state index in [-0.39, 0.29) is 6.03 Å². The second-order valence-corrected chi connectivity index (χ2v) is 7.18. The quantitative estimate of drug-likeness (QED) is 0.923. The van der Waals surface area contributed by atoms with Gasteiger partial charge in [0.15, 0.2) is 5.82 Å². The Morgan fingerprint density at radius 1 is 1.27 bits per heavy atom. The highest BCUT2D eigenvalue weighted by Crippen LogP contribution is 2.36. The first-order valence-electron chi connectivity index (χ1n) is 8.66. The van der Waals surface area contributed by atoms with Crippen molar-refractivity contribution in [3.63, 3.8) is 0 Å². The first-order chi connectivity index (χ1) is 10.5. The van der Waals surface area contributed by atoms with Gasteiger partial charge in [0.2, 0.25) is 0 Å². The fraction of sp³-hybridized carbons (Fsp3) is 0.765. The number of urea groups is 1. The molecule has 1 N–H and O–H groups in total. The Bertz CT molecular complexity index is 531. The molecule has 2 amide bonds. The van der Waals surface area contributed by atoms with E-state index in [1.807, 2.05) is 22.6 Å². The lowest BCUT2D eigenvalue weighted by atomic mass is 9.90. The summed E-state index contributed by atoms with van der Waals surface area (Å²) in [7, 11) is 0. The molecule has 1 unspecified atom stereocenters.